The van der Waals surface area contributed by atoms with Gasteiger partial charge in [-0.1, -0.05) is 0 Å². The number of nitrogen functional groups attached to an aromatic ring is 1. The van der Waals surface area contributed by atoms with Crippen molar-refractivity contribution in [2.45, 2.75) is 13.0 Å². The van der Waals surface area contributed by atoms with Crippen molar-refractivity contribution >= 4 is 11.6 Å². The number of aromatic nitrogens is 1. The van der Waals surface area contributed by atoms with Gasteiger partial charge in [0.2, 0.25) is 0 Å². The third-order valence-electron chi connectivity index (χ3n) is 1.93. The summed E-state index contributed by atoms with van der Waals surface area (Å²) in [6.07, 6.45) is 0.948. The van der Waals surface area contributed by atoms with Gasteiger partial charge < -0.3 is 15.7 Å². The number of carbonyl (C=O) groups excluding carboxylic acids is 1. The summed E-state index contributed by atoms with van der Waals surface area (Å²) in [5, 5.41) is 9.14. The number of hydrogen-bond acceptors (Lipinski definition) is 4. The van der Waals surface area contributed by atoms with Gasteiger partial charge in [0.15, 0.2) is 5.69 Å². The first-order chi connectivity index (χ1) is 7.02. The Balaban J connectivity index is 2.81. The van der Waals surface area contributed by atoms with E-state index in [-0.39, 0.29) is 18.1 Å². The second kappa shape index (κ2) is 4.75. The van der Waals surface area contributed by atoms with Gasteiger partial charge in [-0.3, -0.25) is 4.79 Å². The number of anilines is 1. The fourth-order valence-corrected chi connectivity index (χ4v) is 1.26. The van der Waals surface area contributed by atoms with Gasteiger partial charge in [0, 0.05) is 19.8 Å². The quantitative estimate of drug-likeness (QED) is 0.740. The molecule has 0 fully saturated rings. The minimum absolute atomic E-state index is 0.223. The third kappa shape index (κ3) is 2.92. The van der Waals surface area contributed by atoms with Crippen LogP contribution < -0.4 is 5.73 Å². The zero-order valence-corrected chi connectivity index (χ0v) is 8.84. The van der Waals surface area contributed by atoms with E-state index in [0.29, 0.717) is 5.69 Å². The van der Waals surface area contributed by atoms with E-state index < -0.39 is 6.10 Å². The number of aliphatic hydroxyl groups is 1. The number of nitrogens with two attached hydrogens (primary N) is 1. The highest BCUT2D eigenvalue weighted by atomic mass is 16.3. The zero-order valence-electron chi connectivity index (χ0n) is 8.84. The lowest BCUT2D eigenvalue weighted by Gasteiger charge is -2.18. The molecule has 0 saturated heterocycles. The van der Waals surface area contributed by atoms with Crippen LogP contribution in [-0.4, -0.2) is 40.6 Å². The van der Waals surface area contributed by atoms with Gasteiger partial charge in [-0.05, 0) is 19.1 Å². The van der Waals surface area contributed by atoms with Gasteiger partial charge in [0.05, 0.1) is 11.8 Å². The van der Waals surface area contributed by atoms with Crippen molar-refractivity contribution in [2.75, 3.05) is 19.3 Å². The smallest absolute Gasteiger partial charge is 0.274 e. The maximum atomic E-state index is 11.8. The van der Waals surface area contributed by atoms with Crippen LogP contribution in [0.3, 0.4) is 0 Å². The summed E-state index contributed by atoms with van der Waals surface area (Å²) in [5.41, 5.74) is 6.19. The van der Waals surface area contributed by atoms with E-state index in [1.165, 1.54) is 11.1 Å². The lowest BCUT2D eigenvalue weighted by molar-refractivity contribution is 0.0699. The summed E-state index contributed by atoms with van der Waals surface area (Å²) in [4.78, 5) is 17.1. The first-order valence-corrected chi connectivity index (χ1v) is 4.66. The highest BCUT2D eigenvalue weighted by molar-refractivity contribution is 5.96. The van der Waals surface area contributed by atoms with Crippen LogP contribution >= 0.6 is 0 Å². The Morgan fingerprint density at radius 2 is 2.40 bits per heavy atom. The maximum Gasteiger partial charge on any atom is 0.274 e. The van der Waals surface area contributed by atoms with Gasteiger partial charge >= 0.3 is 0 Å². The largest absolute Gasteiger partial charge is 0.397 e. The lowest BCUT2D eigenvalue weighted by atomic mass is 10.2. The molecule has 0 spiro atoms. The number of nitrogens with zero attached hydrogens (tertiary/aromatic N) is 2. The second-order valence-electron chi connectivity index (χ2n) is 3.48. The molecule has 0 aliphatic carbocycles. The molecule has 1 aromatic heterocycles. The molecule has 1 unspecified atom stereocenters. The molecule has 0 aliphatic heterocycles. The van der Waals surface area contributed by atoms with Gasteiger partial charge in [-0.15, -0.1) is 0 Å². The van der Waals surface area contributed by atoms with Crippen molar-refractivity contribution in [3.8, 4) is 0 Å². The minimum atomic E-state index is -0.566. The molecule has 3 N–H and O–H groups in total. The average Bonchev–Trinajstić information content (AvgIpc) is 2.16. The maximum absolute atomic E-state index is 11.8. The minimum Gasteiger partial charge on any atom is -0.397 e. The molecule has 1 aromatic rings. The summed E-state index contributed by atoms with van der Waals surface area (Å²) in [6.45, 7) is 1.88. The molecule has 0 radical (unpaired) electrons. The molecular formula is C10H15N3O2. The van der Waals surface area contributed by atoms with Gasteiger partial charge in [-0.25, -0.2) is 4.98 Å². The van der Waals surface area contributed by atoms with Gasteiger partial charge in [0.25, 0.3) is 5.91 Å². The number of amides is 1. The Kier molecular flexibility index (Phi) is 3.62. The summed E-state index contributed by atoms with van der Waals surface area (Å²) < 4.78 is 0. The Hall–Kier alpha value is -1.62. The van der Waals surface area contributed by atoms with Crippen molar-refractivity contribution in [2.24, 2.45) is 0 Å². The van der Waals surface area contributed by atoms with Crippen molar-refractivity contribution < 1.29 is 9.90 Å². The summed E-state index contributed by atoms with van der Waals surface area (Å²) in [5.74, 6) is -0.283. The molecule has 1 atom stereocenters. The molecule has 0 aromatic carbocycles. The molecule has 1 amide bonds. The Morgan fingerprint density at radius 3 is 2.93 bits per heavy atom. The molecular weight excluding hydrogens is 194 g/mol. The number of hydrogen-bond donors (Lipinski definition) is 2. The topological polar surface area (TPSA) is 79.5 Å². The Labute approximate surface area is 88.5 Å². The number of rotatable bonds is 3. The normalized spacial score (nSPS) is 12.2. The zero-order chi connectivity index (χ0) is 11.4. The number of pyridine rings is 1. The highest BCUT2D eigenvalue weighted by Crippen LogP contribution is 2.09. The molecule has 0 bridgehead atoms. The van der Waals surface area contributed by atoms with Crippen molar-refractivity contribution in [3.05, 3.63) is 24.0 Å². The number of likely N-dealkylation sites (N-methyl/N-ethyl adjacent to an activating group) is 1. The molecule has 0 aliphatic rings. The van der Waals surface area contributed by atoms with Gasteiger partial charge in [-0.2, -0.15) is 0 Å². The molecule has 5 heteroatoms. The van der Waals surface area contributed by atoms with E-state index in [1.807, 2.05) is 0 Å². The van der Waals surface area contributed by atoms with Crippen molar-refractivity contribution in [3.63, 3.8) is 0 Å². The van der Waals surface area contributed by atoms with E-state index >= 15 is 0 Å². The molecule has 0 saturated carbocycles. The van der Waals surface area contributed by atoms with E-state index in [4.69, 9.17) is 10.8 Å². The predicted molar refractivity (Wildman–Crippen MR) is 57.3 cm³/mol. The molecule has 1 heterocycles. The second-order valence-corrected chi connectivity index (χ2v) is 3.48. The molecule has 1 rings (SSSR count). The van der Waals surface area contributed by atoms with Crippen LogP contribution in [0.15, 0.2) is 18.3 Å². The highest BCUT2D eigenvalue weighted by Gasteiger charge is 2.16. The average molecular weight is 209 g/mol. The van der Waals surface area contributed by atoms with E-state index in [0.717, 1.165) is 0 Å². The first kappa shape index (κ1) is 11.5. The van der Waals surface area contributed by atoms with E-state index in [1.54, 1.807) is 26.1 Å². The van der Waals surface area contributed by atoms with Crippen LogP contribution in [0.4, 0.5) is 5.69 Å². The lowest BCUT2D eigenvalue weighted by Crippen LogP contribution is -2.34. The van der Waals surface area contributed by atoms with Crippen LogP contribution in [-0.2, 0) is 0 Å². The fourth-order valence-electron chi connectivity index (χ4n) is 1.26. The number of carbonyl (C=O) groups is 1. The molecule has 15 heavy (non-hydrogen) atoms. The monoisotopic (exact) mass is 209 g/mol. The van der Waals surface area contributed by atoms with Crippen LogP contribution in [0, 0.1) is 0 Å². The molecule has 82 valence electrons. The van der Waals surface area contributed by atoms with Crippen molar-refractivity contribution in [1.29, 1.82) is 0 Å². The summed E-state index contributed by atoms with van der Waals surface area (Å²) >= 11 is 0. The van der Waals surface area contributed by atoms with E-state index in [2.05, 4.69) is 4.98 Å². The predicted octanol–water partition coefficient (Wildman–Crippen LogP) is 0.117. The van der Waals surface area contributed by atoms with E-state index in [9.17, 15) is 4.79 Å². The summed E-state index contributed by atoms with van der Waals surface area (Å²) in [6, 6.07) is 3.29. The Morgan fingerprint density at radius 1 is 1.73 bits per heavy atom. The van der Waals surface area contributed by atoms with Crippen LogP contribution in [0.2, 0.25) is 0 Å². The van der Waals surface area contributed by atoms with Crippen molar-refractivity contribution in [1.82, 2.24) is 9.88 Å². The van der Waals surface area contributed by atoms with Crippen LogP contribution in [0.25, 0.3) is 0 Å². The van der Waals surface area contributed by atoms with Gasteiger partial charge in [0.1, 0.15) is 0 Å². The molecule has 5 nitrogen and oxygen atoms in total. The first-order valence-electron chi connectivity index (χ1n) is 4.66. The van der Waals surface area contributed by atoms with Crippen LogP contribution in [0.1, 0.15) is 17.4 Å². The Bertz CT molecular complexity index is 352. The SMILES string of the molecule is CC(O)CN(C)C(=O)c1ncccc1N. The number of aliphatic hydroxyl groups excluding tert-OH is 1. The summed E-state index contributed by atoms with van der Waals surface area (Å²) in [7, 11) is 1.60. The standard InChI is InChI=1S/C10H15N3O2/c1-7(14)6-13(2)10(15)9-8(11)4-3-5-12-9/h3-5,7,14H,6,11H2,1-2H3. The fraction of sp³-hybridized carbons (Fsp3) is 0.400. The van der Waals surface area contributed by atoms with Crippen LogP contribution in [0.5, 0.6) is 0 Å². The third-order valence-corrected chi connectivity index (χ3v) is 1.93.